The quantitative estimate of drug-likeness (QED) is 0.481. The lowest BCUT2D eigenvalue weighted by Gasteiger charge is -2.37. The summed E-state index contributed by atoms with van der Waals surface area (Å²) in [6, 6.07) is -0.00264. The molecule has 0 radical (unpaired) electrons. The fourth-order valence-electron chi connectivity index (χ4n) is 5.18. The molecule has 3 heterocycles. The molecule has 2 saturated heterocycles. The highest BCUT2D eigenvalue weighted by atomic mass is 16.5. The Labute approximate surface area is 158 Å². The van der Waals surface area contributed by atoms with Gasteiger partial charge < -0.3 is 4.74 Å². The SMILES string of the molecule is CCC(C)C(C(C)CC)N1C(=O)C2C3C=CC(CCC(C)C)(O3)C2C1=O. The van der Waals surface area contributed by atoms with Crippen LogP contribution in [0.2, 0.25) is 0 Å². The minimum Gasteiger partial charge on any atom is -0.362 e. The molecule has 0 aromatic heterocycles. The van der Waals surface area contributed by atoms with E-state index in [2.05, 4.69) is 47.6 Å². The molecular formula is C22H35NO3. The van der Waals surface area contributed by atoms with Crippen molar-refractivity contribution >= 4 is 11.8 Å². The molecule has 2 bridgehead atoms. The Morgan fingerprint density at radius 1 is 1.08 bits per heavy atom. The molecule has 0 spiro atoms. The summed E-state index contributed by atoms with van der Waals surface area (Å²) in [4.78, 5) is 28.5. The number of fused-ring (bicyclic) bond motifs is 5. The molecule has 0 aromatic carbocycles. The Hall–Kier alpha value is -1.16. The zero-order valence-corrected chi connectivity index (χ0v) is 17.2. The van der Waals surface area contributed by atoms with E-state index in [1.165, 1.54) is 0 Å². The highest BCUT2D eigenvalue weighted by Crippen LogP contribution is 2.54. The molecule has 2 fully saturated rings. The van der Waals surface area contributed by atoms with Crippen LogP contribution in [-0.2, 0) is 14.3 Å². The first-order valence-electron chi connectivity index (χ1n) is 10.5. The van der Waals surface area contributed by atoms with Crippen LogP contribution in [0.25, 0.3) is 0 Å². The normalized spacial score (nSPS) is 36.1. The van der Waals surface area contributed by atoms with Crippen molar-refractivity contribution in [2.24, 2.45) is 29.6 Å². The summed E-state index contributed by atoms with van der Waals surface area (Å²) in [5.41, 5.74) is -0.559. The van der Waals surface area contributed by atoms with Crippen molar-refractivity contribution in [1.29, 1.82) is 0 Å². The summed E-state index contributed by atoms with van der Waals surface area (Å²) < 4.78 is 6.24. The highest BCUT2D eigenvalue weighted by Gasteiger charge is 2.68. The molecule has 6 unspecified atom stereocenters. The van der Waals surface area contributed by atoms with Crippen LogP contribution in [0.3, 0.4) is 0 Å². The highest BCUT2D eigenvalue weighted by molar-refractivity contribution is 6.07. The predicted molar refractivity (Wildman–Crippen MR) is 102 cm³/mol. The van der Waals surface area contributed by atoms with E-state index in [0.29, 0.717) is 17.8 Å². The molecule has 146 valence electrons. The maximum atomic E-state index is 13.5. The van der Waals surface area contributed by atoms with Crippen molar-refractivity contribution in [2.45, 2.75) is 85.0 Å². The summed E-state index contributed by atoms with van der Waals surface area (Å²) in [5, 5.41) is 0. The van der Waals surface area contributed by atoms with Gasteiger partial charge in [-0.2, -0.15) is 0 Å². The number of hydrogen-bond donors (Lipinski definition) is 0. The lowest BCUT2D eigenvalue weighted by molar-refractivity contribution is -0.150. The van der Waals surface area contributed by atoms with Crippen LogP contribution in [0, 0.1) is 29.6 Å². The van der Waals surface area contributed by atoms with Crippen LogP contribution >= 0.6 is 0 Å². The van der Waals surface area contributed by atoms with Crippen LogP contribution in [0.15, 0.2) is 12.2 Å². The minimum atomic E-state index is -0.559. The van der Waals surface area contributed by atoms with Crippen LogP contribution in [0.5, 0.6) is 0 Å². The number of likely N-dealkylation sites (tertiary alicyclic amines) is 1. The van der Waals surface area contributed by atoms with Gasteiger partial charge in [-0.1, -0.05) is 66.5 Å². The van der Waals surface area contributed by atoms with Gasteiger partial charge in [0.25, 0.3) is 0 Å². The summed E-state index contributed by atoms with van der Waals surface area (Å²) >= 11 is 0. The number of carbonyl (C=O) groups is 2. The van der Waals surface area contributed by atoms with E-state index in [1.807, 2.05) is 6.08 Å². The molecular weight excluding hydrogens is 326 g/mol. The van der Waals surface area contributed by atoms with E-state index < -0.39 is 5.60 Å². The second kappa shape index (κ2) is 7.10. The third-order valence-corrected chi connectivity index (χ3v) is 7.05. The van der Waals surface area contributed by atoms with E-state index in [1.54, 1.807) is 4.90 Å². The monoisotopic (exact) mass is 361 g/mol. The average Bonchev–Trinajstić information content (AvgIpc) is 3.25. The van der Waals surface area contributed by atoms with E-state index in [4.69, 9.17) is 4.74 Å². The fourth-order valence-corrected chi connectivity index (χ4v) is 5.18. The van der Waals surface area contributed by atoms with Crippen molar-refractivity contribution in [3.05, 3.63) is 12.2 Å². The Balaban J connectivity index is 1.92. The largest absolute Gasteiger partial charge is 0.362 e. The standard InChI is InChI=1S/C22H35NO3/c1-7-14(5)19(15(6)8-2)23-20(24)17-16-10-12-22(26-16,11-9-13(3)4)18(17)21(23)25/h10,12-19H,7-9,11H2,1-6H3. The molecule has 4 heteroatoms. The lowest BCUT2D eigenvalue weighted by Crippen LogP contribution is -2.50. The number of hydrogen-bond acceptors (Lipinski definition) is 3. The molecule has 0 aliphatic carbocycles. The maximum absolute atomic E-state index is 13.5. The number of nitrogens with zero attached hydrogens (tertiary/aromatic N) is 1. The van der Waals surface area contributed by atoms with Gasteiger partial charge in [0.2, 0.25) is 11.8 Å². The van der Waals surface area contributed by atoms with Gasteiger partial charge in [-0.25, -0.2) is 0 Å². The third kappa shape index (κ3) is 2.85. The zero-order chi connectivity index (χ0) is 19.2. The van der Waals surface area contributed by atoms with Crippen LogP contribution < -0.4 is 0 Å². The van der Waals surface area contributed by atoms with Gasteiger partial charge in [0, 0.05) is 6.04 Å². The van der Waals surface area contributed by atoms with Crippen molar-refractivity contribution in [3.8, 4) is 0 Å². The summed E-state index contributed by atoms with van der Waals surface area (Å²) in [6.45, 7) is 13.0. The van der Waals surface area contributed by atoms with E-state index in [0.717, 1.165) is 25.7 Å². The average molecular weight is 362 g/mol. The second-order valence-corrected chi connectivity index (χ2v) is 9.14. The summed E-state index contributed by atoms with van der Waals surface area (Å²) in [6.07, 6.45) is 7.65. The topological polar surface area (TPSA) is 46.6 Å². The molecule has 4 nitrogen and oxygen atoms in total. The summed E-state index contributed by atoms with van der Waals surface area (Å²) in [7, 11) is 0. The molecule has 6 atom stereocenters. The first-order valence-corrected chi connectivity index (χ1v) is 10.5. The van der Waals surface area contributed by atoms with Crippen LogP contribution in [0.4, 0.5) is 0 Å². The lowest BCUT2D eigenvalue weighted by atomic mass is 9.74. The van der Waals surface area contributed by atoms with Crippen molar-refractivity contribution in [3.63, 3.8) is 0 Å². The molecule has 0 saturated carbocycles. The molecule has 26 heavy (non-hydrogen) atoms. The molecule has 2 amide bonds. The van der Waals surface area contributed by atoms with Gasteiger partial charge in [0.15, 0.2) is 0 Å². The fraction of sp³-hybridized carbons (Fsp3) is 0.818. The molecule has 0 N–H and O–H groups in total. The van der Waals surface area contributed by atoms with Gasteiger partial charge in [-0.05, 0) is 30.6 Å². The Bertz CT molecular complexity index is 588. The second-order valence-electron chi connectivity index (χ2n) is 9.14. The molecule has 3 rings (SSSR count). The number of imide groups is 1. The van der Waals surface area contributed by atoms with E-state index >= 15 is 0 Å². The Kier molecular flexibility index (Phi) is 5.35. The van der Waals surface area contributed by atoms with Gasteiger partial charge in [0.05, 0.1) is 23.5 Å². The predicted octanol–water partition coefficient (Wildman–Crippen LogP) is 4.19. The minimum absolute atomic E-state index is 0.00264. The zero-order valence-electron chi connectivity index (χ0n) is 17.2. The number of amides is 2. The Morgan fingerprint density at radius 3 is 2.23 bits per heavy atom. The van der Waals surface area contributed by atoms with Crippen molar-refractivity contribution < 1.29 is 14.3 Å². The number of carbonyl (C=O) groups excluding carboxylic acids is 2. The number of rotatable bonds is 8. The first-order chi connectivity index (χ1) is 12.3. The van der Waals surface area contributed by atoms with Gasteiger partial charge in [0.1, 0.15) is 0 Å². The molecule has 0 aromatic rings. The van der Waals surface area contributed by atoms with Gasteiger partial charge in [-0.15, -0.1) is 0 Å². The van der Waals surface area contributed by atoms with Gasteiger partial charge in [-0.3, -0.25) is 14.5 Å². The van der Waals surface area contributed by atoms with E-state index in [-0.39, 0.29) is 35.8 Å². The number of ether oxygens (including phenoxy) is 1. The summed E-state index contributed by atoms with van der Waals surface area (Å²) in [5.74, 6) is 0.572. The van der Waals surface area contributed by atoms with E-state index in [9.17, 15) is 9.59 Å². The smallest absolute Gasteiger partial charge is 0.236 e. The Morgan fingerprint density at radius 2 is 1.69 bits per heavy atom. The first kappa shape index (κ1) is 19.6. The van der Waals surface area contributed by atoms with Crippen molar-refractivity contribution in [1.82, 2.24) is 4.90 Å². The molecule has 3 aliphatic heterocycles. The van der Waals surface area contributed by atoms with Crippen LogP contribution in [-0.4, -0.2) is 34.5 Å². The maximum Gasteiger partial charge on any atom is 0.236 e. The van der Waals surface area contributed by atoms with Gasteiger partial charge >= 0.3 is 0 Å². The molecule has 3 aliphatic rings. The third-order valence-electron chi connectivity index (χ3n) is 7.05. The van der Waals surface area contributed by atoms with Crippen LogP contribution in [0.1, 0.15) is 67.2 Å². The van der Waals surface area contributed by atoms with Crippen molar-refractivity contribution in [2.75, 3.05) is 0 Å².